The molecule has 0 aliphatic carbocycles. The van der Waals surface area contributed by atoms with Gasteiger partial charge in [0.1, 0.15) is 11.5 Å². The lowest BCUT2D eigenvalue weighted by atomic mass is 10.2. The highest BCUT2D eigenvalue weighted by atomic mass is 35.5. The van der Waals surface area contributed by atoms with E-state index in [1.54, 1.807) is 6.07 Å². The highest BCUT2D eigenvalue weighted by Gasteiger charge is 2.06. The van der Waals surface area contributed by atoms with Gasteiger partial charge >= 0.3 is 0 Å². The zero-order chi connectivity index (χ0) is 18.4. The molecule has 0 spiro atoms. The Bertz CT molecular complexity index is 898. The lowest BCUT2D eigenvalue weighted by molar-refractivity contribution is -0.114. The predicted molar refractivity (Wildman–Crippen MR) is 106 cm³/mol. The minimum Gasteiger partial charge on any atom is -0.457 e. The number of hydrogen-bond donors (Lipinski definition) is 2. The van der Waals surface area contributed by atoms with Crippen molar-refractivity contribution in [2.75, 3.05) is 17.2 Å². The van der Waals surface area contributed by atoms with E-state index in [1.165, 1.54) is 0 Å². The van der Waals surface area contributed by atoms with Gasteiger partial charge in [0.2, 0.25) is 5.91 Å². The maximum absolute atomic E-state index is 12.1. The van der Waals surface area contributed by atoms with Crippen molar-refractivity contribution in [1.82, 2.24) is 0 Å². The van der Waals surface area contributed by atoms with Crippen molar-refractivity contribution in [3.63, 3.8) is 0 Å². The monoisotopic (exact) mass is 366 g/mol. The third-order valence-electron chi connectivity index (χ3n) is 3.66. The van der Waals surface area contributed by atoms with Crippen LogP contribution in [0, 0.1) is 6.92 Å². The van der Waals surface area contributed by atoms with Crippen molar-refractivity contribution in [3.05, 3.63) is 83.4 Å². The smallest absolute Gasteiger partial charge is 0.243 e. The fraction of sp³-hybridized carbons (Fsp3) is 0.0952. The summed E-state index contributed by atoms with van der Waals surface area (Å²) in [5, 5.41) is 6.41. The molecular weight excluding hydrogens is 348 g/mol. The van der Waals surface area contributed by atoms with Crippen LogP contribution in [0.4, 0.5) is 11.4 Å². The normalized spacial score (nSPS) is 10.2. The molecule has 26 heavy (non-hydrogen) atoms. The zero-order valence-electron chi connectivity index (χ0n) is 14.3. The minimum absolute atomic E-state index is 0.124. The molecule has 0 atom stereocenters. The SMILES string of the molecule is Cc1ccc(NC(=O)CNc2cccc(Oc3ccccc3)c2)c(Cl)c1. The third-order valence-corrected chi connectivity index (χ3v) is 3.98. The number of para-hydroxylation sites is 1. The molecule has 132 valence electrons. The molecule has 3 aromatic rings. The van der Waals surface area contributed by atoms with E-state index in [0.29, 0.717) is 16.5 Å². The quantitative estimate of drug-likeness (QED) is 0.606. The summed E-state index contributed by atoms with van der Waals surface area (Å²) in [5.74, 6) is 1.28. The molecule has 0 heterocycles. The number of ether oxygens (including phenoxy) is 1. The molecule has 4 nitrogen and oxygen atoms in total. The molecule has 0 radical (unpaired) electrons. The number of halogens is 1. The Kier molecular flexibility index (Phi) is 5.77. The van der Waals surface area contributed by atoms with Crippen LogP contribution >= 0.6 is 11.6 Å². The van der Waals surface area contributed by atoms with E-state index < -0.39 is 0 Å². The summed E-state index contributed by atoms with van der Waals surface area (Å²) in [6.07, 6.45) is 0. The number of amides is 1. The van der Waals surface area contributed by atoms with E-state index in [0.717, 1.165) is 17.0 Å². The second-order valence-corrected chi connectivity index (χ2v) is 6.24. The highest BCUT2D eigenvalue weighted by molar-refractivity contribution is 6.33. The van der Waals surface area contributed by atoms with Crippen molar-refractivity contribution < 1.29 is 9.53 Å². The van der Waals surface area contributed by atoms with Gasteiger partial charge in [-0.05, 0) is 48.9 Å². The lowest BCUT2D eigenvalue weighted by Gasteiger charge is -2.11. The molecule has 0 unspecified atom stereocenters. The molecule has 0 aliphatic rings. The van der Waals surface area contributed by atoms with Crippen LogP contribution in [0.2, 0.25) is 5.02 Å². The van der Waals surface area contributed by atoms with Crippen LogP contribution in [-0.4, -0.2) is 12.5 Å². The topological polar surface area (TPSA) is 50.4 Å². The Hall–Kier alpha value is -2.98. The summed E-state index contributed by atoms with van der Waals surface area (Å²) >= 11 is 6.14. The van der Waals surface area contributed by atoms with E-state index in [2.05, 4.69) is 10.6 Å². The molecule has 3 aromatic carbocycles. The van der Waals surface area contributed by atoms with Crippen molar-refractivity contribution in [2.24, 2.45) is 0 Å². The summed E-state index contributed by atoms with van der Waals surface area (Å²) in [6.45, 7) is 2.07. The van der Waals surface area contributed by atoms with Gasteiger partial charge in [-0.3, -0.25) is 4.79 Å². The summed E-state index contributed by atoms with van der Waals surface area (Å²) < 4.78 is 5.79. The van der Waals surface area contributed by atoms with E-state index in [4.69, 9.17) is 16.3 Å². The Labute approximate surface area is 157 Å². The second kappa shape index (κ2) is 8.41. The average Bonchev–Trinajstić information content (AvgIpc) is 2.64. The number of rotatable bonds is 6. The van der Waals surface area contributed by atoms with E-state index in [1.807, 2.05) is 73.7 Å². The summed E-state index contributed by atoms with van der Waals surface area (Å²) in [5.41, 5.74) is 2.44. The molecule has 5 heteroatoms. The van der Waals surface area contributed by atoms with Crippen molar-refractivity contribution >= 4 is 28.9 Å². The van der Waals surface area contributed by atoms with Crippen LogP contribution in [0.25, 0.3) is 0 Å². The number of carbonyl (C=O) groups is 1. The van der Waals surface area contributed by atoms with Gasteiger partial charge in [-0.25, -0.2) is 0 Å². The van der Waals surface area contributed by atoms with Crippen molar-refractivity contribution in [1.29, 1.82) is 0 Å². The fourth-order valence-electron chi connectivity index (χ4n) is 2.39. The van der Waals surface area contributed by atoms with Gasteiger partial charge in [-0.15, -0.1) is 0 Å². The van der Waals surface area contributed by atoms with Gasteiger partial charge in [0, 0.05) is 11.8 Å². The average molecular weight is 367 g/mol. The number of hydrogen-bond acceptors (Lipinski definition) is 3. The first-order valence-electron chi connectivity index (χ1n) is 8.23. The van der Waals surface area contributed by atoms with Crippen LogP contribution in [0.15, 0.2) is 72.8 Å². The molecule has 0 fully saturated rings. The summed E-state index contributed by atoms with van der Waals surface area (Å²) in [6, 6.07) is 22.5. The molecule has 1 amide bonds. The molecule has 0 saturated heterocycles. The van der Waals surface area contributed by atoms with Crippen molar-refractivity contribution in [3.8, 4) is 11.5 Å². The van der Waals surface area contributed by atoms with Gasteiger partial charge in [0.15, 0.2) is 0 Å². The standard InChI is InChI=1S/C21H19ClN2O2/c1-15-10-11-20(19(22)12-15)24-21(25)14-23-16-6-5-9-18(13-16)26-17-7-3-2-4-8-17/h2-13,23H,14H2,1H3,(H,24,25). The molecule has 3 rings (SSSR count). The number of anilines is 2. The van der Waals surface area contributed by atoms with Crippen molar-refractivity contribution in [2.45, 2.75) is 6.92 Å². The third kappa shape index (κ3) is 5.01. The van der Waals surface area contributed by atoms with Gasteiger partial charge in [-0.1, -0.05) is 41.9 Å². The first-order valence-corrected chi connectivity index (χ1v) is 8.61. The van der Waals surface area contributed by atoms with Crippen LogP contribution < -0.4 is 15.4 Å². The van der Waals surface area contributed by atoms with E-state index in [9.17, 15) is 4.79 Å². The maximum Gasteiger partial charge on any atom is 0.243 e. The first kappa shape index (κ1) is 17.8. The van der Waals surface area contributed by atoms with Crippen LogP contribution in [0.3, 0.4) is 0 Å². The zero-order valence-corrected chi connectivity index (χ0v) is 15.1. The summed E-state index contributed by atoms with van der Waals surface area (Å²) in [7, 11) is 0. The predicted octanol–water partition coefficient (Wildman–Crippen LogP) is 5.49. The summed E-state index contributed by atoms with van der Waals surface area (Å²) in [4.78, 5) is 12.1. The molecule has 2 N–H and O–H groups in total. The molecule has 0 saturated carbocycles. The number of aryl methyl sites for hydroxylation is 1. The second-order valence-electron chi connectivity index (χ2n) is 5.83. The minimum atomic E-state index is -0.176. The van der Waals surface area contributed by atoms with E-state index >= 15 is 0 Å². The van der Waals surface area contributed by atoms with Gasteiger partial charge < -0.3 is 15.4 Å². The van der Waals surface area contributed by atoms with Gasteiger partial charge in [-0.2, -0.15) is 0 Å². The van der Waals surface area contributed by atoms with Crippen LogP contribution in [0.1, 0.15) is 5.56 Å². The van der Waals surface area contributed by atoms with Crippen LogP contribution in [0.5, 0.6) is 11.5 Å². The van der Waals surface area contributed by atoms with Crippen LogP contribution in [-0.2, 0) is 4.79 Å². The van der Waals surface area contributed by atoms with E-state index in [-0.39, 0.29) is 12.5 Å². The molecule has 0 bridgehead atoms. The molecule has 0 aromatic heterocycles. The first-order chi connectivity index (χ1) is 12.6. The number of benzene rings is 3. The van der Waals surface area contributed by atoms with Gasteiger partial charge in [0.25, 0.3) is 0 Å². The number of carbonyl (C=O) groups excluding carboxylic acids is 1. The Morgan fingerprint density at radius 1 is 0.962 bits per heavy atom. The molecular formula is C21H19ClN2O2. The Balaban J connectivity index is 1.57. The maximum atomic E-state index is 12.1. The highest BCUT2D eigenvalue weighted by Crippen LogP contribution is 2.24. The fourth-order valence-corrected chi connectivity index (χ4v) is 2.67. The Morgan fingerprint density at radius 3 is 2.50 bits per heavy atom. The largest absolute Gasteiger partial charge is 0.457 e. The molecule has 0 aliphatic heterocycles. The van der Waals surface area contributed by atoms with Gasteiger partial charge in [0.05, 0.1) is 17.3 Å². The lowest BCUT2D eigenvalue weighted by Crippen LogP contribution is -2.21. The Morgan fingerprint density at radius 2 is 1.73 bits per heavy atom. The number of nitrogens with one attached hydrogen (secondary N) is 2.